The first-order valence-electron chi connectivity index (χ1n) is 8.41. The Bertz CT molecular complexity index is 687. The molecule has 6 nitrogen and oxygen atoms in total. The predicted molar refractivity (Wildman–Crippen MR) is 99.1 cm³/mol. The van der Waals surface area contributed by atoms with Gasteiger partial charge in [0.1, 0.15) is 11.9 Å². The molecular formula is C17H19Cl3N2O4. The lowest BCUT2D eigenvalue weighted by Gasteiger charge is -2.35. The van der Waals surface area contributed by atoms with Crippen molar-refractivity contribution in [2.45, 2.75) is 18.9 Å². The monoisotopic (exact) mass is 420 g/mol. The smallest absolute Gasteiger partial charge is 0.260 e. The van der Waals surface area contributed by atoms with Crippen LogP contribution in [-0.2, 0) is 14.3 Å². The Hall–Kier alpha value is -1.21. The van der Waals surface area contributed by atoms with Crippen molar-refractivity contribution in [3.63, 3.8) is 0 Å². The van der Waals surface area contributed by atoms with Gasteiger partial charge in [0.25, 0.3) is 11.8 Å². The molecule has 0 bridgehead atoms. The molecule has 26 heavy (non-hydrogen) atoms. The number of carbonyl (C=O) groups is 2. The van der Waals surface area contributed by atoms with E-state index >= 15 is 0 Å². The van der Waals surface area contributed by atoms with Crippen LogP contribution in [0.25, 0.3) is 0 Å². The van der Waals surface area contributed by atoms with Crippen LogP contribution >= 0.6 is 34.8 Å². The molecule has 0 aromatic heterocycles. The van der Waals surface area contributed by atoms with Crippen molar-refractivity contribution in [3.8, 4) is 5.75 Å². The molecule has 2 amide bonds. The van der Waals surface area contributed by atoms with Crippen molar-refractivity contribution in [1.29, 1.82) is 0 Å². The number of ether oxygens (including phenoxy) is 2. The number of carbonyl (C=O) groups excluding carboxylic acids is 2. The molecule has 0 N–H and O–H groups in total. The highest BCUT2D eigenvalue weighted by atomic mass is 35.5. The van der Waals surface area contributed by atoms with Gasteiger partial charge < -0.3 is 19.3 Å². The molecule has 142 valence electrons. The van der Waals surface area contributed by atoms with E-state index in [1.54, 1.807) is 9.80 Å². The molecule has 1 aromatic carbocycles. The molecule has 2 heterocycles. The zero-order valence-corrected chi connectivity index (χ0v) is 16.3. The van der Waals surface area contributed by atoms with Gasteiger partial charge in [-0.05, 0) is 18.9 Å². The van der Waals surface area contributed by atoms with Gasteiger partial charge in [0, 0.05) is 38.9 Å². The number of amides is 2. The van der Waals surface area contributed by atoms with Gasteiger partial charge in [-0.2, -0.15) is 0 Å². The average molecular weight is 422 g/mol. The van der Waals surface area contributed by atoms with Crippen molar-refractivity contribution in [1.82, 2.24) is 9.80 Å². The Labute approximate surface area is 166 Å². The predicted octanol–water partition coefficient (Wildman–Crippen LogP) is 2.88. The summed E-state index contributed by atoms with van der Waals surface area (Å²) in [6, 6.07) is 2.96. The van der Waals surface area contributed by atoms with Gasteiger partial charge in [0.2, 0.25) is 0 Å². The molecule has 0 saturated carbocycles. The molecule has 0 aliphatic carbocycles. The van der Waals surface area contributed by atoms with Gasteiger partial charge in [-0.15, -0.1) is 0 Å². The van der Waals surface area contributed by atoms with Crippen LogP contribution in [-0.4, -0.2) is 67.1 Å². The molecule has 1 atom stereocenters. The van der Waals surface area contributed by atoms with Crippen molar-refractivity contribution >= 4 is 46.6 Å². The van der Waals surface area contributed by atoms with Crippen LogP contribution in [0.2, 0.25) is 15.1 Å². The number of piperazine rings is 1. The molecule has 2 fully saturated rings. The summed E-state index contributed by atoms with van der Waals surface area (Å²) in [5.41, 5.74) is 0. The first-order valence-corrected chi connectivity index (χ1v) is 9.54. The third-order valence-electron chi connectivity index (χ3n) is 4.48. The third kappa shape index (κ3) is 4.55. The third-order valence-corrected chi connectivity index (χ3v) is 5.49. The van der Waals surface area contributed by atoms with Crippen LogP contribution in [0.4, 0.5) is 0 Å². The van der Waals surface area contributed by atoms with Crippen LogP contribution in [0.15, 0.2) is 12.1 Å². The lowest BCUT2D eigenvalue weighted by molar-refractivity contribution is -0.146. The second-order valence-electron chi connectivity index (χ2n) is 6.19. The SMILES string of the molecule is O=C(COc1cc(Cl)c(Cl)cc1Cl)N1CCN(C(=O)C2CCCO2)CC1. The van der Waals surface area contributed by atoms with Crippen LogP contribution < -0.4 is 4.74 Å². The second kappa shape index (κ2) is 8.65. The van der Waals surface area contributed by atoms with Gasteiger partial charge >= 0.3 is 0 Å². The normalized spacial score (nSPS) is 20.3. The number of hydrogen-bond donors (Lipinski definition) is 0. The summed E-state index contributed by atoms with van der Waals surface area (Å²) in [4.78, 5) is 28.1. The number of nitrogens with zero attached hydrogens (tertiary/aromatic N) is 2. The summed E-state index contributed by atoms with van der Waals surface area (Å²) in [5.74, 6) is 0.159. The summed E-state index contributed by atoms with van der Waals surface area (Å²) in [6.07, 6.45) is 1.37. The number of hydrogen-bond acceptors (Lipinski definition) is 4. The Morgan fingerprint density at radius 3 is 2.35 bits per heavy atom. The quantitative estimate of drug-likeness (QED) is 0.702. The first kappa shape index (κ1) is 19.5. The van der Waals surface area contributed by atoms with Crippen LogP contribution in [0.3, 0.4) is 0 Å². The second-order valence-corrected chi connectivity index (χ2v) is 7.41. The number of halogens is 3. The van der Waals surface area contributed by atoms with Crippen molar-refractivity contribution in [2.75, 3.05) is 39.4 Å². The fourth-order valence-electron chi connectivity index (χ4n) is 3.00. The Morgan fingerprint density at radius 1 is 1.04 bits per heavy atom. The van der Waals surface area contributed by atoms with Crippen molar-refractivity contribution in [3.05, 3.63) is 27.2 Å². The number of benzene rings is 1. The van der Waals surface area contributed by atoms with Crippen molar-refractivity contribution < 1.29 is 19.1 Å². The molecule has 2 saturated heterocycles. The minimum Gasteiger partial charge on any atom is -0.482 e. The Kier molecular flexibility index (Phi) is 6.51. The molecule has 1 aromatic rings. The zero-order chi connectivity index (χ0) is 18.7. The highest BCUT2D eigenvalue weighted by Gasteiger charge is 2.31. The molecule has 3 rings (SSSR count). The minimum atomic E-state index is -0.322. The van der Waals surface area contributed by atoms with Gasteiger partial charge in [0.15, 0.2) is 6.61 Å². The standard InChI is InChI=1S/C17H19Cl3N2O4/c18-11-8-13(20)15(9-12(11)19)26-10-16(23)21-3-5-22(6-4-21)17(24)14-2-1-7-25-14/h8-9,14H,1-7,10H2. The molecular weight excluding hydrogens is 403 g/mol. The molecule has 0 spiro atoms. The van der Waals surface area contributed by atoms with E-state index < -0.39 is 0 Å². The summed E-state index contributed by atoms with van der Waals surface area (Å²) in [5, 5.41) is 0.918. The first-order chi connectivity index (χ1) is 12.5. The summed E-state index contributed by atoms with van der Waals surface area (Å²) < 4.78 is 10.9. The highest BCUT2D eigenvalue weighted by molar-refractivity contribution is 6.43. The maximum absolute atomic E-state index is 12.3. The zero-order valence-electron chi connectivity index (χ0n) is 14.1. The maximum Gasteiger partial charge on any atom is 0.260 e. The number of rotatable bonds is 4. The van der Waals surface area contributed by atoms with E-state index in [0.29, 0.717) is 53.6 Å². The molecule has 2 aliphatic heterocycles. The minimum absolute atomic E-state index is 0.0217. The van der Waals surface area contributed by atoms with E-state index in [4.69, 9.17) is 44.3 Å². The highest BCUT2D eigenvalue weighted by Crippen LogP contribution is 2.33. The fourth-order valence-corrected chi connectivity index (χ4v) is 3.59. The molecule has 1 unspecified atom stereocenters. The van der Waals surface area contributed by atoms with E-state index in [-0.39, 0.29) is 24.5 Å². The van der Waals surface area contributed by atoms with E-state index in [0.717, 1.165) is 12.8 Å². The largest absolute Gasteiger partial charge is 0.482 e. The van der Waals surface area contributed by atoms with Gasteiger partial charge in [0.05, 0.1) is 15.1 Å². The van der Waals surface area contributed by atoms with E-state index in [9.17, 15) is 9.59 Å². The molecule has 2 aliphatic rings. The van der Waals surface area contributed by atoms with Gasteiger partial charge in [-0.25, -0.2) is 0 Å². The summed E-state index contributed by atoms with van der Waals surface area (Å²) >= 11 is 17.8. The van der Waals surface area contributed by atoms with E-state index in [1.807, 2.05) is 0 Å². The van der Waals surface area contributed by atoms with Crippen LogP contribution in [0.5, 0.6) is 5.75 Å². The topological polar surface area (TPSA) is 59.1 Å². The van der Waals surface area contributed by atoms with Crippen molar-refractivity contribution in [2.24, 2.45) is 0 Å². The average Bonchev–Trinajstić information content (AvgIpc) is 3.17. The Morgan fingerprint density at radius 2 is 1.69 bits per heavy atom. The van der Waals surface area contributed by atoms with Gasteiger partial charge in [-0.1, -0.05) is 34.8 Å². The molecule has 0 radical (unpaired) electrons. The molecule has 9 heteroatoms. The van der Waals surface area contributed by atoms with E-state index in [2.05, 4.69) is 0 Å². The maximum atomic E-state index is 12.3. The van der Waals surface area contributed by atoms with E-state index in [1.165, 1.54) is 12.1 Å². The van der Waals surface area contributed by atoms with Gasteiger partial charge in [-0.3, -0.25) is 9.59 Å². The van der Waals surface area contributed by atoms with Crippen LogP contribution in [0.1, 0.15) is 12.8 Å². The fraction of sp³-hybridized carbons (Fsp3) is 0.529. The summed E-state index contributed by atoms with van der Waals surface area (Å²) in [7, 11) is 0. The lowest BCUT2D eigenvalue weighted by atomic mass is 10.2. The lowest BCUT2D eigenvalue weighted by Crippen LogP contribution is -2.53. The van der Waals surface area contributed by atoms with Crippen LogP contribution in [0, 0.1) is 0 Å². The summed E-state index contributed by atoms with van der Waals surface area (Å²) in [6.45, 7) is 2.42. The Balaban J connectivity index is 1.48.